The Labute approximate surface area is 168 Å². The molecule has 2 amide bonds. The predicted octanol–water partition coefficient (Wildman–Crippen LogP) is 2.66. The highest BCUT2D eigenvalue weighted by Gasteiger charge is 2.34. The van der Waals surface area contributed by atoms with Gasteiger partial charge in [0.25, 0.3) is 21.8 Å². The standard InChI is InChI=1S/C21H19N3O4S/c1-15-8-10-16(11-9-15)29(27,28)24-14-12-22-19(24)7-4-13-23-20(25)17-5-2-3-6-18(17)21(23)26/h2-3,5-6,8-12,14H,4,7,13H2,1H3. The van der Waals surface area contributed by atoms with Crippen LogP contribution in [0.4, 0.5) is 0 Å². The highest BCUT2D eigenvalue weighted by Crippen LogP contribution is 2.23. The molecule has 1 aliphatic heterocycles. The van der Waals surface area contributed by atoms with E-state index >= 15 is 0 Å². The van der Waals surface area contributed by atoms with Gasteiger partial charge in [0.2, 0.25) is 0 Å². The van der Waals surface area contributed by atoms with Gasteiger partial charge in [0, 0.05) is 25.4 Å². The number of aromatic nitrogens is 2. The average Bonchev–Trinajstić information content (AvgIpc) is 3.28. The fourth-order valence-corrected chi connectivity index (χ4v) is 4.72. The van der Waals surface area contributed by atoms with Crippen LogP contribution in [0, 0.1) is 6.92 Å². The summed E-state index contributed by atoms with van der Waals surface area (Å²) in [6.07, 6.45) is 3.56. The number of rotatable bonds is 6. The van der Waals surface area contributed by atoms with Crippen molar-refractivity contribution in [1.29, 1.82) is 0 Å². The molecular formula is C21H19N3O4S. The Hall–Kier alpha value is -3.26. The molecule has 0 saturated carbocycles. The van der Waals surface area contributed by atoms with Crippen LogP contribution in [0.3, 0.4) is 0 Å². The first-order valence-corrected chi connectivity index (χ1v) is 10.6. The van der Waals surface area contributed by atoms with Crippen molar-refractivity contribution in [3.63, 3.8) is 0 Å². The number of carbonyl (C=O) groups is 2. The van der Waals surface area contributed by atoms with E-state index in [1.54, 1.807) is 48.5 Å². The summed E-state index contributed by atoms with van der Waals surface area (Å²) in [4.78, 5) is 30.4. The molecule has 1 aromatic heterocycles. The average molecular weight is 409 g/mol. The van der Waals surface area contributed by atoms with Crippen molar-refractivity contribution in [3.8, 4) is 0 Å². The van der Waals surface area contributed by atoms with Crippen LogP contribution in [-0.4, -0.2) is 40.6 Å². The number of hydrogen-bond acceptors (Lipinski definition) is 5. The minimum Gasteiger partial charge on any atom is -0.274 e. The predicted molar refractivity (Wildman–Crippen MR) is 106 cm³/mol. The summed E-state index contributed by atoms with van der Waals surface area (Å²) in [5.74, 6) is -0.273. The quantitative estimate of drug-likeness (QED) is 0.584. The fraction of sp³-hybridized carbons (Fsp3) is 0.190. The Bertz CT molecular complexity index is 1160. The molecular weight excluding hydrogens is 390 g/mol. The molecule has 0 unspecified atom stereocenters. The molecule has 8 heteroatoms. The smallest absolute Gasteiger partial charge is 0.269 e. The SMILES string of the molecule is Cc1ccc(S(=O)(=O)n2ccnc2CCCN2C(=O)c3ccccc3C2=O)cc1. The lowest BCUT2D eigenvalue weighted by molar-refractivity contribution is 0.0652. The van der Waals surface area contributed by atoms with E-state index < -0.39 is 10.0 Å². The van der Waals surface area contributed by atoms with Gasteiger partial charge in [-0.15, -0.1) is 0 Å². The zero-order chi connectivity index (χ0) is 20.6. The number of fused-ring (bicyclic) bond motifs is 1. The van der Waals surface area contributed by atoms with Gasteiger partial charge >= 0.3 is 0 Å². The van der Waals surface area contributed by atoms with E-state index in [1.807, 2.05) is 6.92 Å². The lowest BCUT2D eigenvalue weighted by Gasteiger charge is -2.14. The highest BCUT2D eigenvalue weighted by atomic mass is 32.2. The van der Waals surface area contributed by atoms with E-state index in [1.165, 1.54) is 17.3 Å². The maximum atomic E-state index is 12.9. The number of nitrogens with zero attached hydrogens (tertiary/aromatic N) is 3. The highest BCUT2D eigenvalue weighted by molar-refractivity contribution is 7.90. The molecule has 0 atom stereocenters. The number of imide groups is 1. The minimum absolute atomic E-state index is 0.183. The van der Waals surface area contributed by atoms with Gasteiger partial charge in [-0.3, -0.25) is 14.5 Å². The Morgan fingerprint density at radius 2 is 1.55 bits per heavy atom. The Morgan fingerprint density at radius 1 is 0.931 bits per heavy atom. The number of imidazole rings is 1. The first-order chi connectivity index (χ1) is 13.9. The van der Waals surface area contributed by atoms with Crippen LogP contribution in [0.15, 0.2) is 65.8 Å². The van der Waals surface area contributed by atoms with Gasteiger partial charge in [-0.1, -0.05) is 29.8 Å². The van der Waals surface area contributed by atoms with Crippen LogP contribution in [0.5, 0.6) is 0 Å². The molecule has 2 aromatic carbocycles. The van der Waals surface area contributed by atoms with E-state index in [0.717, 1.165) is 9.54 Å². The van der Waals surface area contributed by atoms with E-state index in [4.69, 9.17) is 0 Å². The topological polar surface area (TPSA) is 89.3 Å². The van der Waals surface area contributed by atoms with Crippen molar-refractivity contribution < 1.29 is 18.0 Å². The summed E-state index contributed by atoms with van der Waals surface area (Å²) in [5, 5.41) is 0. The van der Waals surface area contributed by atoms with Crippen molar-refractivity contribution in [2.75, 3.05) is 6.54 Å². The van der Waals surface area contributed by atoms with Crippen molar-refractivity contribution in [2.24, 2.45) is 0 Å². The maximum Gasteiger partial charge on any atom is 0.269 e. The zero-order valence-corrected chi connectivity index (χ0v) is 16.6. The maximum absolute atomic E-state index is 12.9. The minimum atomic E-state index is -3.75. The number of hydrogen-bond donors (Lipinski definition) is 0. The summed E-state index contributed by atoms with van der Waals surface area (Å²) >= 11 is 0. The number of benzene rings is 2. The van der Waals surface area contributed by atoms with Crippen molar-refractivity contribution in [3.05, 3.63) is 83.4 Å². The molecule has 2 heterocycles. The number of amides is 2. The first kappa shape index (κ1) is 19.1. The van der Waals surface area contributed by atoms with Crippen LogP contribution < -0.4 is 0 Å². The zero-order valence-electron chi connectivity index (χ0n) is 15.8. The van der Waals surface area contributed by atoms with Crippen LogP contribution in [0.1, 0.15) is 38.5 Å². The molecule has 4 rings (SSSR count). The molecule has 0 saturated heterocycles. The van der Waals surface area contributed by atoms with E-state index in [9.17, 15) is 18.0 Å². The van der Waals surface area contributed by atoms with Gasteiger partial charge < -0.3 is 0 Å². The lowest BCUT2D eigenvalue weighted by atomic mass is 10.1. The van der Waals surface area contributed by atoms with Crippen LogP contribution in [0.25, 0.3) is 0 Å². The van der Waals surface area contributed by atoms with Crippen LogP contribution in [-0.2, 0) is 16.4 Å². The summed E-state index contributed by atoms with van der Waals surface area (Å²) in [6.45, 7) is 2.09. The second kappa shape index (κ2) is 7.29. The van der Waals surface area contributed by atoms with Gasteiger partial charge in [-0.05, 0) is 37.6 Å². The molecule has 29 heavy (non-hydrogen) atoms. The fourth-order valence-electron chi connectivity index (χ4n) is 3.38. The molecule has 0 fully saturated rings. The third-order valence-corrected chi connectivity index (χ3v) is 6.64. The molecule has 7 nitrogen and oxygen atoms in total. The van der Waals surface area contributed by atoms with Crippen molar-refractivity contribution in [1.82, 2.24) is 13.9 Å². The summed E-state index contributed by atoms with van der Waals surface area (Å²) in [7, 11) is -3.75. The lowest BCUT2D eigenvalue weighted by Crippen LogP contribution is -2.31. The van der Waals surface area contributed by atoms with Gasteiger partial charge in [0.05, 0.1) is 16.0 Å². The van der Waals surface area contributed by atoms with Crippen molar-refractivity contribution in [2.45, 2.75) is 24.7 Å². The Kier molecular flexibility index (Phi) is 4.79. The summed E-state index contributed by atoms with van der Waals surface area (Å²) < 4.78 is 27.0. The van der Waals surface area contributed by atoms with Crippen LogP contribution in [0.2, 0.25) is 0 Å². The molecule has 3 aromatic rings. The second-order valence-corrected chi connectivity index (χ2v) is 8.68. The largest absolute Gasteiger partial charge is 0.274 e. The molecule has 1 aliphatic rings. The van der Waals surface area contributed by atoms with E-state index in [-0.39, 0.29) is 23.3 Å². The molecule has 148 valence electrons. The van der Waals surface area contributed by atoms with Gasteiger partial charge in [-0.2, -0.15) is 0 Å². The molecule has 0 bridgehead atoms. The Balaban J connectivity index is 1.48. The molecule has 0 radical (unpaired) electrons. The van der Waals surface area contributed by atoms with E-state index in [2.05, 4.69) is 4.98 Å². The summed E-state index contributed by atoms with van der Waals surface area (Å²) in [5.41, 5.74) is 1.78. The van der Waals surface area contributed by atoms with E-state index in [0.29, 0.717) is 29.8 Å². The Morgan fingerprint density at radius 3 is 2.17 bits per heavy atom. The third-order valence-electron chi connectivity index (χ3n) is 4.92. The second-order valence-electron chi connectivity index (χ2n) is 6.87. The normalized spacial score (nSPS) is 13.8. The number of carbonyl (C=O) groups excluding carboxylic acids is 2. The van der Waals surface area contributed by atoms with Crippen LogP contribution >= 0.6 is 0 Å². The van der Waals surface area contributed by atoms with Gasteiger partial charge in [0.1, 0.15) is 5.82 Å². The third kappa shape index (κ3) is 3.36. The molecule has 0 N–H and O–H groups in total. The van der Waals surface area contributed by atoms with Gasteiger partial charge in [0.15, 0.2) is 0 Å². The molecule has 0 aliphatic carbocycles. The van der Waals surface area contributed by atoms with Gasteiger partial charge in [-0.25, -0.2) is 17.4 Å². The monoisotopic (exact) mass is 409 g/mol. The first-order valence-electron chi connectivity index (χ1n) is 9.19. The number of aryl methyl sites for hydroxylation is 2. The van der Waals surface area contributed by atoms with Crippen molar-refractivity contribution >= 4 is 21.8 Å². The molecule has 0 spiro atoms. The summed E-state index contributed by atoms with van der Waals surface area (Å²) in [6, 6.07) is 13.3.